The summed E-state index contributed by atoms with van der Waals surface area (Å²) in [5, 5.41) is 8.26. The molecule has 1 unspecified atom stereocenters. The highest BCUT2D eigenvalue weighted by Crippen LogP contribution is 2.38. The van der Waals surface area contributed by atoms with E-state index in [4.69, 9.17) is 4.74 Å². The monoisotopic (exact) mass is 641 g/mol. The maximum Gasteiger partial charge on any atom is 0.272 e. The summed E-state index contributed by atoms with van der Waals surface area (Å²) in [7, 11) is 1.54. The molecule has 0 saturated carbocycles. The van der Waals surface area contributed by atoms with Crippen molar-refractivity contribution in [2.45, 2.75) is 24.0 Å². The highest BCUT2D eigenvalue weighted by Gasteiger charge is 2.24. The number of amides is 3. The maximum atomic E-state index is 13.8. The Kier molecular flexibility index (Phi) is 10.9. The zero-order valence-corrected chi connectivity index (χ0v) is 27.1. The van der Waals surface area contributed by atoms with Crippen LogP contribution in [-0.4, -0.2) is 24.8 Å². The minimum Gasteiger partial charge on any atom is -0.496 e. The van der Waals surface area contributed by atoms with Gasteiger partial charge in [0.15, 0.2) is 0 Å². The van der Waals surface area contributed by atoms with Crippen molar-refractivity contribution in [3.8, 4) is 5.75 Å². The van der Waals surface area contributed by atoms with Crippen molar-refractivity contribution >= 4 is 46.9 Å². The normalized spacial score (nSPS) is 11.7. The Morgan fingerprint density at radius 2 is 1.36 bits per heavy atom. The molecular formula is C39H35N3O4S. The van der Waals surface area contributed by atoms with Crippen LogP contribution in [0.25, 0.3) is 6.08 Å². The number of methoxy groups -OCH3 is 1. The number of nitrogens with one attached hydrogen (secondary N) is 3. The van der Waals surface area contributed by atoms with E-state index in [0.29, 0.717) is 22.6 Å². The number of ether oxygens (including phenoxy) is 1. The minimum absolute atomic E-state index is 0.0385. The Morgan fingerprint density at radius 3 is 2.06 bits per heavy atom. The molecule has 8 heteroatoms. The summed E-state index contributed by atoms with van der Waals surface area (Å²) in [4.78, 5) is 41.3. The zero-order valence-electron chi connectivity index (χ0n) is 26.3. The average molecular weight is 642 g/mol. The third kappa shape index (κ3) is 8.56. The Labute approximate surface area is 279 Å². The van der Waals surface area contributed by atoms with E-state index in [9.17, 15) is 14.4 Å². The molecule has 0 aromatic heterocycles. The first-order chi connectivity index (χ1) is 22.8. The average Bonchev–Trinajstić information content (AvgIpc) is 3.09. The second-order valence-electron chi connectivity index (χ2n) is 10.8. The maximum absolute atomic E-state index is 13.8. The molecule has 0 fully saturated rings. The van der Waals surface area contributed by atoms with Gasteiger partial charge in [-0.1, -0.05) is 91.0 Å². The molecule has 0 aliphatic heterocycles. The van der Waals surface area contributed by atoms with E-state index in [-0.39, 0.29) is 11.6 Å². The third-order valence-corrected chi connectivity index (χ3v) is 8.63. The summed E-state index contributed by atoms with van der Waals surface area (Å²) in [5.74, 6) is -0.545. The zero-order chi connectivity index (χ0) is 33.2. The molecule has 1 atom stereocenters. The van der Waals surface area contributed by atoms with Gasteiger partial charge in [-0.3, -0.25) is 14.4 Å². The lowest BCUT2D eigenvalue weighted by Crippen LogP contribution is -2.30. The van der Waals surface area contributed by atoms with Gasteiger partial charge in [0, 0.05) is 27.4 Å². The lowest BCUT2D eigenvalue weighted by Gasteiger charge is -2.19. The van der Waals surface area contributed by atoms with E-state index in [1.54, 1.807) is 55.7 Å². The molecule has 0 spiro atoms. The van der Waals surface area contributed by atoms with Gasteiger partial charge >= 0.3 is 0 Å². The van der Waals surface area contributed by atoms with Crippen LogP contribution in [0.3, 0.4) is 0 Å². The number of carbonyl (C=O) groups excluding carboxylic acids is 3. The fraction of sp³-hybridized carbons (Fsp3) is 0.103. The van der Waals surface area contributed by atoms with E-state index < -0.39 is 17.1 Å². The minimum atomic E-state index is -0.563. The molecule has 236 valence electrons. The Morgan fingerprint density at radius 1 is 0.723 bits per heavy atom. The summed E-state index contributed by atoms with van der Waals surface area (Å²) in [5.41, 5.74) is 5.19. The van der Waals surface area contributed by atoms with Gasteiger partial charge in [0.2, 0.25) is 5.91 Å². The molecule has 5 aromatic rings. The van der Waals surface area contributed by atoms with Crippen molar-refractivity contribution in [2.75, 3.05) is 17.7 Å². The molecule has 0 aliphatic rings. The number of thioether (sulfide) groups is 1. The van der Waals surface area contributed by atoms with Crippen LogP contribution in [0.2, 0.25) is 0 Å². The molecular weight excluding hydrogens is 607 g/mol. The molecule has 0 radical (unpaired) electrons. The first-order valence-corrected chi connectivity index (χ1v) is 15.9. The summed E-state index contributed by atoms with van der Waals surface area (Å²) >= 11 is 1.38. The molecule has 0 saturated heterocycles. The number of rotatable bonds is 11. The van der Waals surface area contributed by atoms with Crippen molar-refractivity contribution in [3.63, 3.8) is 0 Å². The lowest BCUT2D eigenvalue weighted by atomic mass is 10.1. The van der Waals surface area contributed by atoms with Crippen LogP contribution in [0, 0.1) is 13.8 Å². The highest BCUT2D eigenvalue weighted by molar-refractivity contribution is 8.00. The molecule has 47 heavy (non-hydrogen) atoms. The van der Waals surface area contributed by atoms with Gasteiger partial charge in [0.25, 0.3) is 11.8 Å². The molecule has 3 N–H and O–H groups in total. The molecule has 0 aliphatic carbocycles. The van der Waals surface area contributed by atoms with Crippen LogP contribution in [-0.2, 0) is 9.59 Å². The number of aryl methyl sites for hydroxylation is 2. The predicted octanol–water partition coefficient (Wildman–Crippen LogP) is 8.19. The van der Waals surface area contributed by atoms with Gasteiger partial charge in [-0.15, -0.1) is 11.8 Å². The van der Waals surface area contributed by atoms with Crippen molar-refractivity contribution in [2.24, 2.45) is 0 Å². The SMILES string of the molecule is COc1ccccc1/C=C(/NC(=O)c1ccccc1)C(=O)Nc1cccc(SC(C(=O)Nc2c(C)cccc2C)c2ccccc2)c1. The van der Waals surface area contributed by atoms with Gasteiger partial charge in [0.1, 0.15) is 16.7 Å². The Hall–Kier alpha value is -5.60. The summed E-state index contributed by atoms with van der Waals surface area (Å²) in [6.07, 6.45) is 1.58. The quantitative estimate of drug-likeness (QED) is 0.0998. The van der Waals surface area contributed by atoms with Gasteiger partial charge in [-0.2, -0.15) is 0 Å². The molecule has 3 amide bonds. The predicted molar refractivity (Wildman–Crippen MR) is 190 cm³/mol. The molecule has 5 aromatic carbocycles. The smallest absolute Gasteiger partial charge is 0.272 e. The van der Waals surface area contributed by atoms with Crippen molar-refractivity contribution in [1.29, 1.82) is 0 Å². The number of carbonyl (C=O) groups is 3. The fourth-order valence-electron chi connectivity index (χ4n) is 4.97. The van der Waals surface area contributed by atoms with Crippen LogP contribution in [0.1, 0.15) is 37.9 Å². The number of benzene rings is 5. The van der Waals surface area contributed by atoms with Crippen molar-refractivity contribution in [3.05, 3.63) is 161 Å². The Balaban J connectivity index is 1.40. The summed E-state index contributed by atoms with van der Waals surface area (Å²) < 4.78 is 5.47. The fourth-order valence-corrected chi connectivity index (χ4v) is 6.05. The highest BCUT2D eigenvalue weighted by atomic mass is 32.2. The van der Waals surface area contributed by atoms with Gasteiger partial charge in [-0.05, 0) is 73.0 Å². The largest absolute Gasteiger partial charge is 0.496 e. The van der Waals surface area contributed by atoms with E-state index in [2.05, 4.69) is 16.0 Å². The Bertz CT molecular complexity index is 1890. The van der Waals surface area contributed by atoms with Crippen LogP contribution < -0.4 is 20.7 Å². The van der Waals surface area contributed by atoms with E-state index in [1.165, 1.54) is 11.8 Å². The molecule has 0 bridgehead atoms. The second kappa shape index (κ2) is 15.6. The summed E-state index contributed by atoms with van der Waals surface area (Å²) in [6, 6.07) is 38.7. The number of para-hydroxylation sites is 2. The molecule has 5 rings (SSSR count). The van der Waals surface area contributed by atoms with E-state index in [0.717, 1.165) is 27.3 Å². The first kappa shape index (κ1) is 32.8. The van der Waals surface area contributed by atoms with Crippen molar-refractivity contribution < 1.29 is 19.1 Å². The van der Waals surface area contributed by atoms with Crippen LogP contribution in [0.4, 0.5) is 11.4 Å². The van der Waals surface area contributed by atoms with Crippen LogP contribution in [0.5, 0.6) is 5.75 Å². The van der Waals surface area contributed by atoms with Gasteiger partial charge < -0.3 is 20.7 Å². The molecule has 7 nitrogen and oxygen atoms in total. The second-order valence-corrected chi connectivity index (χ2v) is 11.9. The van der Waals surface area contributed by atoms with Gasteiger partial charge in [-0.25, -0.2) is 0 Å². The van der Waals surface area contributed by atoms with E-state index in [1.807, 2.05) is 98.8 Å². The van der Waals surface area contributed by atoms with Crippen LogP contribution >= 0.6 is 11.8 Å². The number of hydrogen-bond acceptors (Lipinski definition) is 5. The third-order valence-electron chi connectivity index (χ3n) is 7.38. The van der Waals surface area contributed by atoms with E-state index >= 15 is 0 Å². The topological polar surface area (TPSA) is 96.5 Å². The standard InChI is InChI=1S/C39H35N3O4S/c1-26-14-12-15-27(2)35(26)42-39(45)36(28-16-6-4-7-17-28)47-32-22-13-21-31(25-32)40-38(44)33(24-30-20-10-11-23-34(30)46-3)41-37(43)29-18-8-5-9-19-29/h4-25,36H,1-3H3,(H,40,44)(H,41,43)(H,42,45)/b33-24+. The van der Waals surface area contributed by atoms with Crippen LogP contribution in [0.15, 0.2) is 138 Å². The number of anilines is 2. The summed E-state index contributed by atoms with van der Waals surface area (Å²) in [6.45, 7) is 3.94. The van der Waals surface area contributed by atoms with Crippen molar-refractivity contribution in [1.82, 2.24) is 5.32 Å². The molecule has 0 heterocycles. The lowest BCUT2D eigenvalue weighted by molar-refractivity contribution is -0.116. The van der Waals surface area contributed by atoms with Gasteiger partial charge in [0.05, 0.1) is 7.11 Å². The number of hydrogen-bond donors (Lipinski definition) is 3. The first-order valence-electron chi connectivity index (χ1n) is 15.0.